The molecule has 0 saturated heterocycles. The normalized spacial score (nSPS) is 12.1. The summed E-state index contributed by atoms with van der Waals surface area (Å²) in [6.45, 7) is -0.405. The van der Waals surface area contributed by atoms with E-state index in [-0.39, 0.29) is 19.0 Å². The number of ether oxygens (including phenoxy) is 3. The van der Waals surface area contributed by atoms with Crippen LogP contribution in [0.15, 0.2) is 65.6 Å². The topological polar surface area (TPSA) is 155 Å². The average molecular weight is 514 g/mol. The van der Waals surface area contributed by atoms with E-state index in [0.717, 1.165) is 22.5 Å². The van der Waals surface area contributed by atoms with Crippen molar-refractivity contribution in [2.24, 2.45) is 0 Å². The van der Waals surface area contributed by atoms with Gasteiger partial charge in [0, 0.05) is 6.54 Å². The molecule has 36 heavy (non-hydrogen) atoms. The van der Waals surface area contributed by atoms with Crippen LogP contribution in [0.1, 0.15) is 15.9 Å². The minimum absolute atomic E-state index is 0.0972. The number of fused-ring (bicyclic) bond motifs is 1. The summed E-state index contributed by atoms with van der Waals surface area (Å²) in [5.74, 6) is -1.42. The fourth-order valence-electron chi connectivity index (χ4n) is 3.47. The number of hydrogen-bond acceptors (Lipinski definition) is 8. The standard InChI is InChI=1S/C24H22N2O9S/c1-33-17-5-3-16(4-6-17)26(36(31,32)18-7-8-20(27)19(11-18)24(29)30)13-23(28)25-12-15-2-9-21-22(10-15)35-14-34-21/h2-11,27H,12-14H2,1H3,(H,25,28)(H,29,30)/p-1. The number of hydrogen-bond donors (Lipinski definition) is 2. The summed E-state index contributed by atoms with van der Waals surface area (Å²) in [6, 6.07) is 13.7. The molecule has 1 amide bonds. The first-order chi connectivity index (χ1) is 17.2. The molecule has 0 saturated carbocycles. The third-order valence-corrected chi connectivity index (χ3v) is 7.11. The fraction of sp³-hybridized carbons (Fsp3) is 0.167. The quantitative estimate of drug-likeness (QED) is 0.435. The molecule has 0 fully saturated rings. The summed E-state index contributed by atoms with van der Waals surface area (Å²) in [7, 11) is -2.99. The van der Waals surface area contributed by atoms with Crippen LogP contribution in [0.3, 0.4) is 0 Å². The maximum atomic E-state index is 13.5. The van der Waals surface area contributed by atoms with Gasteiger partial charge in [0.2, 0.25) is 12.7 Å². The molecule has 1 aliphatic rings. The van der Waals surface area contributed by atoms with Gasteiger partial charge in [-0.05, 0) is 54.1 Å². The third kappa shape index (κ3) is 5.13. The molecule has 1 heterocycles. The van der Waals surface area contributed by atoms with E-state index in [1.165, 1.54) is 31.4 Å². The van der Waals surface area contributed by atoms with Gasteiger partial charge in [-0.2, -0.15) is 0 Å². The van der Waals surface area contributed by atoms with Crippen LogP contribution in [0.25, 0.3) is 0 Å². The molecule has 0 aromatic heterocycles. The molecular formula is C24H21N2O9S-. The van der Waals surface area contributed by atoms with Crippen molar-refractivity contribution in [3.05, 3.63) is 71.8 Å². The van der Waals surface area contributed by atoms with Crippen molar-refractivity contribution in [2.75, 3.05) is 24.8 Å². The Morgan fingerprint density at radius 1 is 1.06 bits per heavy atom. The first-order valence-corrected chi connectivity index (χ1v) is 12.0. The fourth-order valence-corrected chi connectivity index (χ4v) is 4.91. The van der Waals surface area contributed by atoms with E-state index < -0.39 is 44.7 Å². The SMILES string of the molecule is COc1ccc(N(CC(=O)NCc2ccc3c(c2)OCO3)S(=O)(=O)c2ccc([O-])c(C(=O)O)c2)cc1. The number of nitrogens with zero attached hydrogens (tertiary/aromatic N) is 1. The molecule has 0 atom stereocenters. The van der Waals surface area contributed by atoms with E-state index in [9.17, 15) is 28.2 Å². The molecule has 1 aliphatic heterocycles. The molecule has 4 rings (SSSR count). The Hall–Kier alpha value is -4.45. The lowest BCUT2D eigenvalue weighted by Gasteiger charge is -2.25. The van der Waals surface area contributed by atoms with E-state index in [1.807, 2.05) is 0 Å². The molecule has 0 radical (unpaired) electrons. The zero-order valence-electron chi connectivity index (χ0n) is 19.0. The first kappa shape index (κ1) is 24.7. The van der Waals surface area contributed by atoms with Gasteiger partial charge >= 0.3 is 5.97 Å². The van der Waals surface area contributed by atoms with E-state index in [1.54, 1.807) is 18.2 Å². The van der Waals surface area contributed by atoms with Crippen LogP contribution in [0.4, 0.5) is 5.69 Å². The van der Waals surface area contributed by atoms with Crippen LogP contribution in [-0.4, -0.2) is 45.8 Å². The van der Waals surface area contributed by atoms with Gasteiger partial charge in [0.25, 0.3) is 10.0 Å². The predicted octanol–water partition coefficient (Wildman–Crippen LogP) is 1.71. The van der Waals surface area contributed by atoms with Gasteiger partial charge < -0.3 is 29.7 Å². The molecule has 3 aromatic rings. The van der Waals surface area contributed by atoms with Crippen molar-refractivity contribution in [1.29, 1.82) is 0 Å². The molecule has 12 heteroatoms. The van der Waals surface area contributed by atoms with E-state index in [2.05, 4.69) is 5.32 Å². The van der Waals surface area contributed by atoms with Crippen LogP contribution < -0.4 is 28.9 Å². The van der Waals surface area contributed by atoms with Crippen LogP contribution in [-0.2, 0) is 21.4 Å². The monoisotopic (exact) mass is 513 g/mol. The molecule has 0 bridgehead atoms. The van der Waals surface area contributed by atoms with Crippen molar-refractivity contribution in [2.45, 2.75) is 11.4 Å². The highest BCUT2D eigenvalue weighted by atomic mass is 32.2. The summed E-state index contributed by atoms with van der Waals surface area (Å²) >= 11 is 0. The molecule has 0 spiro atoms. The Kier molecular flexibility index (Phi) is 6.88. The van der Waals surface area contributed by atoms with Crippen molar-refractivity contribution < 1.29 is 42.4 Å². The van der Waals surface area contributed by atoms with Gasteiger partial charge in [-0.25, -0.2) is 13.2 Å². The van der Waals surface area contributed by atoms with E-state index in [0.29, 0.717) is 22.8 Å². The van der Waals surface area contributed by atoms with Crippen LogP contribution in [0.5, 0.6) is 23.0 Å². The number of carbonyl (C=O) groups excluding carboxylic acids is 1. The first-order valence-electron chi connectivity index (χ1n) is 10.6. The zero-order valence-corrected chi connectivity index (χ0v) is 19.8. The number of amides is 1. The second kappa shape index (κ2) is 10.0. The number of sulfonamides is 1. The molecular weight excluding hydrogens is 492 g/mol. The van der Waals surface area contributed by atoms with E-state index in [4.69, 9.17) is 14.2 Å². The average Bonchev–Trinajstić information content (AvgIpc) is 3.34. The van der Waals surface area contributed by atoms with Crippen LogP contribution in [0.2, 0.25) is 0 Å². The highest BCUT2D eigenvalue weighted by Gasteiger charge is 2.28. The van der Waals surface area contributed by atoms with E-state index >= 15 is 0 Å². The molecule has 11 nitrogen and oxygen atoms in total. The van der Waals surface area contributed by atoms with Gasteiger partial charge in [0.05, 0.1) is 23.3 Å². The number of anilines is 1. The van der Waals surface area contributed by atoms with Crippen molar-refractivity contribution >= 4 is 27.6 Å². The molecule has 188 valence electrons. The number of methoxy groups -OCH3 is 1. The Balaban J connectivity index is 1.60. The molecule has 0 aliphatic carbocycles. The number of carboxylic acids is 1. The lowest BCUT2D eigenvalue weighted by molar-refractivity contribution is -0.268. The number of rotatable bonds is 9. The third-order valence-electron chi connectivity index (χ3n) is 5.34. The number of aromatic carboxylic acids is 1. The predicted molar refractivity (Wildman–Crippen MR) is 125 cm³/mol. The lowest BCUT2D eigenvalue weighted by Crippen LogP contribution is -2.40. The van der Waals surface area contributed by atoms with Gasteiger partial charge in [0.1, 0.15) is 12.3 Å². The summed E-state index contributed by atoms with van der Waals surface area (Å²) < 4.78 is 43.5. The number of carbonyl (C=O) groups is 2. The van der Waals surface area contributed by atoms with Gasteiger partial charge in [-0.1, -0.05) is 17.9 Å². The lowest BCUT2D eigenvalue weighted by atomic mass is 10.2. The van der Waals surface area contributed by atoms with Gasteiger partial charge in [0.15, 0.2) is 11.5 Å². The Morgan fingerprint density at radius 2 is 1.78 bits per heavy atom. The second-order valence-corrected chi connectivity index (χ2v) is 9.50. The minimum Gasteiger partial charge on any atom is -0.872 e. The molecule has 0 unspecified atom stereocenters. The molecule has 2 N–H and O–H groups in total. The van der Waals surface area contributed by atoms with Gasteiger partial charge in [-0.3, -0.25) is 9.10 Å². The zero-order chi connectivity index (χ0) is 25.9. The summed E-state index contributed by atoms with van der Waals surface area (Å²) in [4.78, 5) is 23.8. The Morgan fingerprint density at radius 3 is 2.47 bits per heavy atom. The maximum Gasteiger partial charge on any atom is 0.335 e. The Bertz CT molecular complexity index is 1410. The summed E-state index contributed by atoms with van der Waals surface area (Å²) in [5.41, 5.74) is 0.152. The summed E-state index contributed by atoms with van der Waals surface area (Å²) in [6.07, 6.45) is 0. The molecule has 3 aromatic carbocycles. The van der Waals surface area contributed by atoms with Crippen LogP contribution >= 0.6 is 0 Å². The number of carboxylic acid groups (broad SMARTS) is 1. The van der Waals surface area contributed by atoms with Crippen LogP contribution in [0, 0.1) is 0 Å². The highest BCUT2D eigenvalue weighted by molar-refractivity contribution is 7.92. The largest absolute Gasteiger partial charge is 0.872 e. The maximum absolute atomic E-state index is 13.5. The van der Waals surface area contributed by atoms with Gasteiger partial charge in [-0.15, -0.1) is 0 Å². The van der Waals surface area contributed by atoms with Crippen molar-refractivity contribution in [3.63, 3.8) is 0 Å². The minimum atomic E-state index is -4.44. The highest BCUT2D eigenvalue weighted by Crippen LogP contribution is 2.32. The smallest absolute Gasteiger partial charge is 0.335 e. The second-order valence-electron chi connectivity index (χ2n) is 7.64. The number of nitrogens with one attached hydrogen (secondary N) is 1. The number of benzene rings is 3. The van der Waals surface area contributed by atoms with Crippen molar-refractivity contribution in [3.8, 4) is 23.0 Å². The Labute approximate surface area is 206 Å². The summed E-state index contributed by atoms with van der Waals surface area (Å²) in [5, 5.41) is 23.7. The van der Waals surface area contributed by atoms with Crippen molar-refractivity contribution in [1.82, 2.24) is 5.32 Å².